The van der Waals surface area contributed by atoms with Crippen molar-refractivity contribution in [3.05, 3.63) is 36.4 Å². The first-order valence-corrected chi connectivity index (χ1v) is 6.31. The largest absolute Gasteiger partial charge is 0.489 e. The maximum absolute atomic E-state index is 11.7. The van der Waals surface area contributed by atoms with Crippen LogP contribution >= 0.6 is 11.6 Å². The maximum atomic E-state index is 11.7. The number of alkyl halides is 1. The van der Waals surface area contributed by atoms with Gasteiger partial charge in [0.15, 0.2) is 0 Å². The molecule has 3 nitrogen and oxygen atoms in total. The van der Waals surface area contributed by atoms with Gasteiger partial charge in [0.2, 0.25) is 5.91 Å². The Morgan fingerprint density at radius 1 is 1.61 bits per heavy atom. The molecule has 0 aromatic heterocycles. The molecular weight excluding hydrogens is 250 g/mol. The van der Waals surface area contributed by atoms with Crippen LogP contribution < -0.4 is 9.64 Å². The van der Waals surface area contributed by atoms with E-state index in [1.807, 2.05) is 31.2 Å². The average Bonchev–Trinajstić information content (AvgIpc) is 2.66. The van der Waals surface area contributed by atoms with Gasteiger partial charge in [0.25, 0.3) is 0 Å². The Balaban J connectivity index is 2.12. The molecule has 1 aliphatic rings. The number of rotatable bonds is 4. The lowest BCUT2D eigenvalue weighted by Crippen LogP contribution is -2.24. The summed E-state index contributed by atoms with van der Waals surface area (Å²) in [7, 11) is 0. The van der Waals surface area contributed by atoms with Gasteiger partial charge in [-0.05, 0) is 24.6 Å². The van der Waals surface area contributed by atoms with Crippen LogP contribution in [-0.4, -0.2) is 24.4 Å². The standard InChI is InChI=1S/C14H16ClNO2/c1-10(2)9-18-13-5-3-4-12(7-13)16-8-11(15)6-14(16)17/h3-5,7,11H,1,6,8-9H2,2H3. The number of carbonyl (C=O) groups is 1. The summed E-state index contributed by atoms with van der Waals surface area (Å²) < 4.78 is 5.56. The lowest BCUT2D eigenvalue weighted by molar-refractivity contribution is -0.117. The normalized spacial score (nSPS) is 19.1. The molecule has 1 saturated heterocycles. The van der Waals surface area contributed by atoms with Gasteiger partial charge in [0.05, 0.1) is 5.38 Å². The van der Waals surface area contributed by atoms with E-state index in [1.54, 1.807) is 4.90 Å². The topological polar surface area (TPSA) is 29.5 Å². The van der Waals surface area contributed by atoms with Crippen LogP contribution in [0.3, 0.4) is 0 Å². The van der Waals surface area contributed by atoms with Crippen molar-refractivity contribution in [3.8, 4) is 5.75 Å². The fraction of sp³-hybridized carbons (Fsp3) is 0.357. The molecule has 1 atom stereocenters. The lowest BCUT2D eigenvalue weighted by Gasteiger charge is -2.17. The first kappa shape index (κ1) is 13.0. The predicted octanol–water partition coefficient (Wildman–Crippen LogP) is 2.99. The van der Waals surface area contributed by atoms with E-state index in [9.17, 15) is 4.79 Å². The summed E-state index contributed by atoms with van der Waals surface area (Å²) in [6, 6.07) is 7.49. The van der Waals surface area contributed by atoms with E-state index in [2.05, 4.69) is 6.58 Å². The fourth-order valence-electron chi connectivity index (χ4n) is 1.86. The molecule has 0 radical (unpaired) electrons. The molecule has 1 unspecified atom stereocenters. The van der Waals surface area contributed by atoms with Crippen molar-refractivity contribution in [2.75, 3.05) is 18.1 Å². The summed E-state index contributed by atoms with van der Waals surface area (Å²) >= 11 is 5.99. The second-order valence-electron chi connectivity index (χ2n) is 4.55. The lowest BCUT2D eigenvalue weighted by atomic mass is 10.2. The van der Waals surface area contributed by atoms with Crippen LogP contribution in [0.15, 0.2) is 36.4 Å². The van der Waals surface area contributed by atoms with Gasteiger partial charge in [-0.25, -0.2) is 0 Å². The summed E-state index contributed by atoms with van der Waals surface area (Å²) in [5.74, 6) is 0.799. The smallest absolute Gasteiger partial charge is 0.228 e. The summed E-state index contributed by atoms with van der Waals surface area (Å²) in [5, 5.41) is -0.0995. The van der Waals surface area contributed by atoms with Crippen molar-refractivity contribution in [2.45, 2.75) is 18.7 Å². The molecule has 1 aromatic carbocycles. The van der Waals surface area contributed by atoms with Gasteiger partial charge in [-0.15, -0.1) is 11.6 Å². The van der Waals surface area contributed by atoms with Crippen molar-refractivity contribution in [2.24, 2.45) is 0 Å². The monoisotopic (exact) mass is 265 g/mol. The van der Waals surface area contributed by atoms with Crippen LogP contribution in [0.2, 0.25) is 0 Å². The number of amides is 1. The van der Waals surface area contributed by atoms with Gasteiger partial charge in [-0.2, -0.15) is 0 Å². The Labute approximate surface area is 112 Å². The highest BCUT2D eigenvalue weighted by Gasteiger charge is 2.29. The minimum Gasteiger partial charge on any atom is -0.489 e. The molecule has 1 fully saturated rings. The number of halogens is 1. The average molecular weight is 266 g/mol. The van der Waals surface area contributed by atoms with Crippen LogP contribution in [0.25, 0.3) is 0 Å². The number of hydrogen-bond donors (Lipinski definition) is 0. The molecule has 0 saturated carbocycles. The van der Waals surface area contributed by atoms with Gasteiger partial charge >= 0.3 is 0 Å². The molecule has 96 valence electrons. The van der Waals surface area contributed by atoms with Crippen LogP contribution in [0, 0.1) is 0 Å². The molecule has 0 aliphatic carbocycles. The van der Waals surface area contributed by atoms with Crippen LogP contribution in [0.1, 0.15) is 13.3 Å². The van der Waals surface area contributed by atoms with Crippen molar-refractivity contribution in [1.82, 2.24) is 0 Å². The molecule has 0 N–H and O–H groups in total. The molecule has 0 bridgehead atoms. The van der Waals surface area contributed by atoms with Gasteiger partial charge in [0, 0.05) is 24.7 Å². The summed E-state index contributed by atoms with van der Waals surface area (Å²) in [4.78, 5) is 13.4. The Morgan fingerprint density at radius 2 is 2.39 bits per heavy atom. The van der Waals surface area contributed by atoms with E-state index < -0.39 is 0 Å². The summed E-state index contributed by atoms with van der Waals surface area (Å²) in [5.41, 5.74) is 1.79. The molecule has 1 aromatic rings. The highest BCUT2D eigenvalue weighted by molar-refractivity contribution is 6.24. The molecule has 2 rings (SSSR count). The Kier molecular flexibility index (Phi) is 3.92. The number of anilines is 1. The van der Waals surface area contributed by atoms with Crippen molar-refractivity contribution in [1.29, 1.82) is 0 Å². The molecular formula is C14H16ClNO2. The second kappa shape index (κ2) is 5.44. The van der Waals surface area contributed by atoms with E-state index in [0.717, 1.165) is 17.0 Å². The van der Waals surface area contributed by atoms with E-state index in [-0.39, 0.29) is 11.3 Å². The van der Waals surface area contributed by atoms with E-state index in [0.29, 0.717) is 19.6 Å². The first-order chi connectivity index (χ1) is 8.56. The van der Waals surface area contributed by atoms with Crippen molar-refractivity contribution in [3.63, 3.8) is 0 Å². The first-order valence-electron chi connectivity index (χ1n) is 5.88. The third-order valence-electron chi connectivity index (χ3n) is 2.69. The Bertz CT molecular complexity index is 473. The highest BCUT2D eigenvalue weighted by Crippen LogP contribution is 2.27. The van der Waals surface area contributed by atoms with E-state index in [1.165, 1.54) is 0 Å². The zero-order valence-corrected chi connectivity index (χ0v) is 11.1. The molecule has 4 heteroatoms. The quantitative estimate of drug-likeness (QED) is 0.619. The van der Waals surface area contributed by atoms with Crippen molar-refractivity contribution < 1.29 is 9.53 Å². The van der Waals surface area contributed by atoms with Crippen LogP contribution in [-0.2, 0) is 4.79 Å². The van der Waals surface area contributed by atoms with E-state index in [4.69, 9.17) is 16.3 Å². The minimum absolute atomic E-state index is 0.0621. The van der Waals surface area contributed by atoms with Crippen molar-refractivity contribution >= 4 is 23.2 Å². The zero-order chi connectivity index (χ0) is 13.1. The summed E-state index contributed by atoms with van der Waals surface area (Å²) in [6.45, 7) is 6.74. The molecule has 1 amide bonds. The SMILES string of the molecule is C=C(C)COc1cccc(N2CC(Cl)CC2=O)c1. The predicted molar refractivity (Wildman–Crippen MR) is 73.4 cm³/mol. The molecule has 1 heterocycles. The second-order valence-corrected chi connectivity index (χ2v) is 5.17. The third-order valence-corrected chi connectivity index (χ3v) is 2.98. The van der Waals surface area contributed by atoms with Gasteiger partial charge in [-0.3, -0.25) is 4.79 Å². The Hall–Kier alpha value is -1.48. The number of hydrogen-bond acceptors (Lipinski definition) is 2. The third kappa shape index (κ3) is 3.05. The van der Waals surface area contributed by atoms with Crippen LogP contribution in [0.5, 0.6) is 5.75 Å². The number of carbonyl (C=O) groups excluding carboxylic acids is 1. The molecule has 1 aliphatic heterocycles. The van der Waals surface area contributed by atoms with E-state index >= 15 is 0 Å². The van der Waals surface area contributed by atoms with Gasteiger partial charge in [-0.1, -0.05) is 12.6 Å². The van der Waals surface area contributed by atoms with Gasteiger partial charge in [0.1, 0.15) is 12.4 Å². The molecule has 18 heavy (non-hydrogen) atoms. The van der Waals surface area contributed by atoms with Gasteiger partial charge < -0.3 is 9.64 Å². The number of ether oxygens (including phenoxy) is 1. The fourth-order valence-corrected chi connectivity index (χ4v) is 2.13. The number of nitrogens with zero attached hydrogens (tertiary/aromatic N) is 1. The zero-order valence-electron chi connectivity index (χ0n) is 10.4. The maximum Gasteiger partial charge on any atom is 0.228 e. The molecule has 0 spiro atoms. The van der Waals surface area contributed by atoms with Crippen LogP contribution in [0.4, 0.5) is 5.69 Å². The Morgan fingerprint density at radius 3 is 3.00 bits per heavy atom. The minimum atomic E-state index is -0.0995. The number of benzene rings is 1. The highest BCUT2D eigenvalue weighted by atomic mass is 35.5. The summed E-state index contributed by atoms with van der Waals surface area (Å²) in [6.07, 6.45) is 0.401.